The predicted octanol–water partition coefficient (Wildman–Crippen LogP) is -1.17. The van der Waals surface area contributed by atoms with E-state index in [-0.39, 0.29) is 19.3 Å². The molecule has 0 aliphatic carbocycles. The average Bonchev–Trinajstić information content (AvgIpc) is 2.44. The van der Waals surface area contributed by atoms with Crippen LogP contribution in [0.4, 0.5) is 0 Å². The highest BCUT2D eigenvalue weighted by atomic mass is 16.5. The molecule has 1 aliphatic rings. The van der Waals surface area contributed by atoms with Crippen molar-refractivity contribution in [2.75, 3.05) is 13.2 Å². The minimum Gasteiger partial charge on any atom is -0.390 e. The quantitative estimate of drug-likeness (QED) is 0.620. The van der Waals surface area contributed by atoms with Crippen molar-refractivity contribution in [3.05, 3.63) is 11.4 Å². The molecule has 0 unspecified atom stereocenters. The lowest BCUT2D eigenvalue weighted by Gasteiger charge is -2.26. The third kappa shape index (κ3) is 1.32. The van der Waals surface area contributed by atoms with E-state index in [1.807, 2.05) is 0 Å². The third-order valence-corrected chi connectivity index (χ3v) is 2.14. The van der Waals surface area contributed by atoms with E-state index in [1.165, 1.54) is 0 Å². The van der Waals surface area contributed by atoms with Crippen LogP contribution in [0, 0.1) is 0 Å². The van der Waals surface area contributed by atoms with Crippen molar-refractivity contribution in [2.24, 2.45) is 0 Å². The topological polar surface area (TPSA) is 80.4 Å². The number of ether oxygens (including phenoxy) is 1. The SMILES string of the molecule is OCc1nnn(C2COC2)c1CO. The van der Waals surface area contributed by atoms with Crippen LogP contribution in [0.15, 0.2) is 0 Å². The molecule has 2 heterocycles. The van der Waals surface area contributed by atoms with E-state index >= 15 is 0 Å². The molecule has 1 aromatic rings. The van der Waals surface area contributed by atoms with Gasteiger partial charge in [0.25, 0.3) is 0 Å². The van der Waals surface area contributed by atoms with E-state index in [2.05, 4.69) is 10.3 Å². The van der Waals surface area contributed by atoms with Gasteiger partial charge in [0.05, 0.1) is 32.1 Å². The Bertz CT molecular complexity index is 295. The fraction of sp³-hybridized carbons (Fsp3) is 0.714. The molecule has 0 amide bonds. The molecule has 13 heavy (non-hydrogen) atoms. The van der Waals surface area contributed by atoms with E-state index < -0.39 is 0 Å². The van der Waals surface area contributed by atoms with Crippen LogP contribution >= 0.6 is 0 Å². The maximum Gasteiger partial charge on any atom is 0.114 e. The number of aliphatic hydroxyl groups is 2. The van der Waals surface area contributed by atoms with E-state index in [0.717, 1.165) is 0 Å². The van der Waals surface area contributed by atoms with Crippen molar-refractivity contribution in [1.82, 2.24) is 15.0 Å². The molecule has 0 bridgehead atoms. The first-order chi connectivity index (χ1) is 6.36. The number of hydrogen-bond donors (Lipinski definition) is 2. The van der Waals surface area contributed by atoms with Crippen LogP contribution in [0.25, 0.3) is 0 Å². The van der Waals surface area contributed by atoms with E-state index in [1.54, 1.807) is 4.68 Å². The van der Waals surface area contributed by atoms with Crippen LogP contribution in [0.2, 0.25) is 0 Å². The van der Waals surface area contributed by atoms with Crippen molar-refractivity contribution in [3.63, 3.8) is 0 Å². The average molecular weight is 185 g/mol. The monoisotopic (exact) mass is 185 g/mol. The van der Waals surface area contributed by atoms with Crippen molar-refractivity contribution in [2.45, 2.75) is 19.3 Å². The summed E-state index contributed by atoms with van der Waals surface area (Å²) in [6.45, 7) is 0.853. The number of nitrogens with zero attached hydrogens (tertiary/aromatic N) is 3. The smallest absolute Gasteiger partial charge is 0.114 e. The van der Waals surface area contributed by atoms with E-state index in [4.69, 9.17) is 14.9 Å². The molecule has 1 aliphatic heterocycles. The van der Waals surface area contributed by atoms with Gasteiger partial charge in [-0.25, -0.2) is 4.68 Å². The zero-order valence-corrected chi connectivity index (χ0v) is 7.05. The Morgan fingerprint density at radius 2 is 2.15 bits per heavy atom. The normalized spacial score (nSPS) is 17.4. The maximum absolute atomic E-state index is 9.04. The molecule has 0 radical (unpaired) electrons. The highest BCUT2D eigenvalue weighted by Gasteiger charge is 2.25. The fourth-order valence-corrected chi connectivity index (χ4v) is 1.29. The van der Waals surface area contributed by atoms with Crippen molar-refractivity contribution < 1.29 is 14.9 Å². The van der Waals surface area contributed by atoms with Gasteiger partial charge < -0.3 is 14.9 Å². The molecule has 1 fully saturated rings. The Morgan fingerprint density at radius 3 is 2.62 bits per heavy atom. The minimum atomic E-state index is -0.191. The van der Waals surface area contributed by atoms with Crippen molar-refractivity contribution in [1.29, 1.82) is 0 Å². The molecule has 1 saturated heterocycles. The van der Waals surface area contributed by atoms with Gasteiger partial charge in [0.1, 0.15) is 11.7 Å². The van der Waals surface area contributed by atoms with Gasteiger partial charge in [0.15, 0.2) is 0 Å². The first-order valence-electron chi connectivity index (χ1n) is 4.09. The Labute approximate surface area is 74.7 Å². The zero-order chi connectivity index (χ0) is 9.26. The summed E-state index contributed by atoms with van der Waals surface area (Å²) in [7, 11) is 0. The Kier molecular flexibility index (Phi) is 2.26. The zero-order valence-electron chi connectivity index (χ0n) is 7.05. The number of aliphatic hydroxyl groups excluding tert-OH is 2. The lowest BCUT2D eigenvalue weighted by molar-refractivity contribution is -0.0317. The minimum absolute atomic E-state index is 0.153. The Balaban J connectivity index is 2.28. The summed E-state index contributed by atoms with van der Waals surface area (Å²) < 4.78 is 6.62. The van der Waals surface area contributed by atoms with Crippen LogP contribution in [-0.4, -0.2) is 38.4 Å². The molecule has 72 valence electrons. The summed E-state index contributed by atoms with van der Waals surface area (Å²) >= 11 is 0. The van der Waals surface area contributed by atoms with Gasteiger partial charge in [-0.15, -0.1) is 5.10 Å². The number of hydrogen-bond acceptors (Lipinski definition) is 5. The number of rotatable bonds is 3. The summed E-state index contributed by atoms with van der Waals surface area (Å²) in [4.78, 5) is 0. The van der Waals surface area contributed by atoms with Gasteiger partial charge in [-0.3, -0.25) is 0 Å². The van der Waals surface area contributed by atoms with Gasteiger partial charge in [0.2, 0.25) is 0 Å². The predicted molar refractivity (Wildman–Crippen MR) is 41.7 cm³/mol. The van der Waals surface area contributed by atoms with Gasteiger partial charge in [-0.2, -0.15) is 0 Å². The summed E-state index contributed by atoms with van der Waals surface area (Å²) in [6.07, 6.45) is 0. The second-order valence-electron chi connectivity index (χ2n) is 2.93. The Hall–Kier alpha value is -0.980. The first kappa shape index (κ1) is 8.61. The summed E-state index contributed by atoms with van der Waals surface area (Å²) in [5.74, 6) is 0. The largest absolute Gasteiger partial charge is 0.390 e. The molecule has 0 atom stereocenters. The van der Waals surface area contributed by atoms with Gasteiger partial charge in [-0.05, 0) is 0 Å². The second kappa shape index (κ2) is 3.41. The van der Waals surface area contributed by atoms with E-state index in [9.17, 15) is 0 Å². The van der Waals surface area contributed by atoms with Crippen molar-refractivity contribution >= 4 is 0 Å². The number of aromatic nitrogens is 3. The molecule has 0 saturated carbocycles. The molecule has 0 spiro atoms. The molecule has 1 aromatic heterocycles. The maximum atomic E-state index is 9.04. The van der Waals surface area contributed by atoms with Gasteiger partial charge in [-0.1, -0.05) is 5.21 Å². The highest BCUT2D eigenvalue weighted by Crippen LogP contribution is 2.19. The van der Waals surface area contributed by atoms with Gasteiger partial charge in [0, 0.05) is 0 Å². The molecule has 6 nitrogen and oxygen atoms in total. The van der Waals surface area contributed by atoms with E-state index in [0.29, 0.717) is 24.6 Å². The molecule has 6 heteroatoms. The lowest BCUT2D eigenvalue weighted by Crippen LogP contribution is -2.32. The van der Waals surface area contributed by atoms with Crippen LogP contribution in [-0.2, 0) is 18.0 Å². The van der Waals surface area contributed by atoms with Crippen LogP contribution in [0.3, 0.4) is 0 Å². The second-order valence-corrected chi connectivity index (χ2v) is 2.93. The molecule has 2 N–H and O–H groups in total. The third-order valence-electron chi connectivity index (χ3n) is 2.14. The summed E-state index contributed by atoms with van der Waals surface area (Å²) in [6, 6.07) is 0.162. The standard InChI is InChI=1S/C7H11N3O3/c11-1-6-7(2-12)10(9-8-6)5-3-13-4-5/h5,11-12H,1-4H2. The van der Waals surface area contributed by atoms with Gasteiger partial charge >= 0.3 is 0 Å². The van der Waals surface area contributed by atoms with Crippen molar-refractivity contribution in [3.8, 4) is 0 Å². The first-order valence-corrected chi connectivity index (χ1v) is 4.09. The molecular formula is C7H11N3O3. The molecule has 2 rings (SSSR count). The summed E-state index contributed by atoms with van der Waals surface area (Å²) in [5.41, 5.74) is 1.02. The summed E-state index contributed by atoms with van der Waals surface area (Å²) in [5, 5.41) is 25.5. The Morgan fingerprint density at radius 1 is 1.38 bits per heavy atom. The lowest BCUT2D eigenvalue weighted by atomic mass is 10.2. The molecule has 0 aromatic carbocycles. The van der Waals surface area contributed by atoms with Crippen LogP contribution in [0.5, 0.6) is 0 Å². The van der Waals surface area contributed by atoms with Crippen LogP contribution < -0.4 is 0 Å². The van der Waals surface area contributed by atoms with Crippen LogP contribution in [0.1, 0.15) is 17.4 Å². The highest BCUT2D eigenvalue weighted by molar-refractivity contribution is 5.09. The fourth-order valence-electron chi connectivity index (χ4n) is 1.29. The molecular weight excluding hydrogens is 174 g/mol.